The molecule has 1 heterocycles. The van der Waals surface area contributed by atoms with E-state index in [0.29, 0.717) is 29.9 Å². The van der Waals surface area contributed by atoms with Gasteiger partial charge in [0.25, 0.3) is 11.8 Å². The molecule has 7 heteroatoms. The van der Waals surface area contributed by atoms with Crippen molar-refractivity contribution >= 4 is 23.4 Å². The summed E-state index contributed by atoms with van der Waals surface area (Å²) < 4.78 is 0. The van der Waals surface area contributed by atoms with Crippen LogP contribution in [-0.2, 0) is 4.79 Å². The fourth-order valence-electron chi connectivity index (χ4n) is 3.66. The predicted molar refractivity (Wildman–Crippen MR) is 116 cm³/mol. The topological polar surface area (TPSA) is 105 Å². The Morgan fingerprint density at radius 3 is 2.50 bits per heavy atom. The summed E-state index contributed by atoms with van der Waals surface area (Å²) in [6.07, 6.45) is 2.60. The zero-order chi connectivity index (χ0) is 21.3. The van der Waals surface area contributed by atoms with Gasteiger partial charge in [-0.1, -0.05) is 30.3 Å². The fourth-order valence-corrected chi connectivity index (χ4v) is 3.66. The second kappa shape index (κ2) is 10.5. The Morgan fingerprint density at radius 1 is 1.00 bits per heavy atom. The average molecular weight is 409 g/mol. The van der Waals surface area contributed by atoms with E-state index in [9.17, 15) is 14.4 Å². The standard InChI is InChI=1S/C23H28N4O3/c24-21(28)18-10-6-14-27(16-18)15-7-13-25-23(30)19-11-4-5-12-20(19)26-22(29)17-8-2-1-3-9-17/h1-5,8-9,11-12,18H,6-7,10,13-16H2,(H2,24,28)(H,25,30)(H,26,29). The number of hydrogen-bond donors (Lipinski definition) is 3. The lowest BCUT2D eigenvalue weighted by Gasteiger charge is -2.31. The summed E-state index contributed by atoms with van der Waals surface area (Å²) in [5, 5.41) is 5.73. The number of anilines is 1. The summed E-state index contributed by atoms with van der Waals surface area (Å²) in [5.74, 6) is -0.798. The number of nitrogens with one attached hydrogen (secondary N) is 2. The third kappa shape index (κ3) is 5.90. The van der Waals surface area contributed by atoms with Crippen molar-refractivity contribution in [1.82, 2.24) is 10.2 Å². The second-order valence-electron chi connectivity index (χ2n) is 7.52. The summed E-state index contributed by atoms with van der Waals surface area (Å²) in [6.45, 7) is 2.96. The molecule has 1 aliphatic rings. The highest BCUT2D eigenvalue weighted by molar-refractivity contribution is 6.08. The van der Waals surface area contributed by atoms with Gasteiger partial charge in [0.1, 0.15) is 0 Å². The number of primary amides is 1. The zero-order valence-electron chi connectivity index (χ0n) is 17.0. The molecule has 1 atom stereocenters. The van der Waals surface area contributed by atoms with Crippen LogP contribution in [0, 0.1) is 5.92 Å². The van der Waals surface area contributed by atoms with Crippen molar-refractivity contribution in [1.29, 1.82) is 0 Å². The van der Waals surface area contributed by atoms with Gasteiger partial charge in [0.15, 0.2) is 0 Å². The summed E-state index contributed by atoms with van der Waals surface area (Å²) in [5.41, 5.74) is 6.85. The van der Waals surface area contributed by atoms with Crippen LogP contribution in [0.1, 0.15) is 40.0 Å². The second-order valence-corrected chi connectivity index (χ2v) is 7.52. The molecule has 0 aromatic heterocycles. The largest absolute Gasteiger partial charge is 0.369 e. The molecule has 30 heavy (non-hydrogen) atoms. The molecule has 0 aliphatic carbocycles. The number of rotatable bonds is 8. The van der Waals surface area contributed by atoms with Gasteiger partial charge in [-0.3, -0.25) is 14.4 Å². The Bertz CT molecular complexity index is 885. The molecule has 1 fully saturated rings. The van der Waals surface area contributed by atoms with Crippen LogP contribution in [0.2, 0.25) is 0 Å². The first-order valence-electron chi connectivity index (χ1n) is 10.3. The number of benzene rings is 2. The molecule has 0 spiro atoms. The molecular formula is C23H28N4O3. The lowest BCUT2D eigenvalue weighted by Crippen LogP contribution is -2.42. The maximum atomic E-state index is 12.6. The fraction of sp³-hybridized carbons (Fsp3) is 0.348. The molecule has 1 unspecified atom stereocenters. The molecule has 7 nitrogen and oxygen atoms in total. The molecule has 3 amide bonds. The molecule has 0 saturated carbocycles. The molecule has 1 saturated heterocycles. The average Bonchev–Trinajstić information content (AvgIpc) is 2.77. The summed E-state index contributed by atoms with van der Waals surface area (Å²) in [7, 11) is 0. The van der Waals surface area contributed by atoms with Crippen molar-refractivity contribution in [3.63, 3.8) is 0 Å². The zero-order valence-corrected chi connectivity index (χ0v) is 17.0. The number of likely N-dealkylation sites (tertiary alicyclic amines) is 1. The number of carbonyl (C=O) groups is 3. The number of nitrogens with zero attached hydrogens (tertiary/aromatic N) is 1. The van der Waals surface area contributed by atoms with Gasteiger partial charge in [0, 0.05) is 18.7 Å². The van der Waals surface area contributed by atoms with Gasteiger partial charge in [-0.05, 0) is 56.6 Å². The van der Waals surface area contributed by atoms with Crippen LogP contribution in [0.15, 0.2) is 54.6 Å². The number of carbonyl (C=O) groups excluding carboxylic acids is 3. The normalized spacial score (nSPS) is 16.6. The maximum absolute atomic E-state index is 12.6. The maximum Gasteiger partial charge on any atom is 0.255 e. The first-order chi connectivity index (χ1) is 14.5. The van der Waals surface area contributed by atoms with Gasteiger partial charge in [-0.25, -0.2) is 0 Å². The minimum atomic E-state index is -0.259. The van der Waals surface area contributed by atoms with Gasteiger partial charge in [-0.15, -0.1) is 0 Å². The van der Waals surface area contributed by atoms with Gasteiger partial charge in [0.05, 0.1) is 17.2 Å². The van der Waals surface area contributed by atoms with Crippen molar-refractivity contribution in [3.8, 4) is 0 Å². The molecule has 0 radical (unpaired) electrons. The number of para-hydroxylation sites is 1. The van der Waals surface area contributed by atoms with Crippen molar-refractivity contribution < 1.29 is 14.4 Å². The van der Waals surface area contributed by atoms with E-state index in [4.69, 9.17) is 5.73 Å². The minimum Gasteiger partial charge on any atom is -0.369 e. The van der Waals surface area contributed by atoms with E-state index in [1.54, 1.807) is 48.5 Å². The first-order valence-corrected chi connectivity index (χ1v) is 10.3. The highest BCUT2D eigenvalue weighted by Gasteiger charge is 2.23. The van der Waals surface area contributed by atoms with Crippen LogP contribution in [-0.4, -0.2) is 48.8 Å². The van der Waals surface area contributed by atoms with Gasteiger partial charge in [0.2, 0.25) is 5.91 Å². The number of nitrogens with two attached hydrogens (primary N) is 1. The van der Waals surface area contributed by atoms with Crippen LogP contribution >= 0.6 is 0 Å². The van der Waals surface area contributed by atoms with Crippen molar-refractivity contribution in [2.75, 3.05) is 31.5 Å². The summed E-state index contributed by atoms with van der Waals surface area (Å²) in [4.78, 5) is 38.7. The van der Waals surface area contributed by atoms with E-state index in [1.165, 1.54) is 0 Å². The van der Waals surface area contributed by atoms with Gasteiger partial charge >= 0.3 is 0 Å². The Hall–Kier alpha value is -3.19. The van der Waals surface area contributed by atoms with Crippen LogP contribution in [0.3, 0.4) is 0 Å². The predicted octanol–water partition coefficient (Wildman–Crippen LogP) is 2.26. The van der Waals surface area contributed by atoms with E-state index in [0.717, 1.165) is 32.4 Å². The monoisotopic (exact) mass is 408 g/mol. The van der Waals surface area contributed by atoms with Crippen LogP contribution in [0.4, 0.5) is 5.69 Å². The van der Waals surface area contributed by atoms with Crippen LogP contribution in [0.25, 0.3) is 0 Å². The van der Waals surface area contributed by atoms with E-state index in [-0.39, 0.29) is 23.6 Å². The molecule has 4 N–H and O–H groups in total. The number of amides is 3. The molecule has 0 bridgehead atoms. The van der Waals surface area contributed by atoms with Crippen molar-refractivity contribution in [2.24, 2.45) is 11.7 Å². The molecule has 1 aliphatic heterocycles. The van der Waals surface area contributed by atoms with Crippen molar-refractivity contribution in [2.45, 2.75) is 19.3 Å². The molecule has 2 aromatic rings. The highest BCUT2D eigenvalue weighted by atomic mass is 16.2. The quantitative estimate of drug-likeness (QED) is 0.583. The van der Waals surface area contributed by atoms with E-state index in [2.05, 4.69) is 15.5 Å². The lowest BCUT2D eigenvalue weighted by molar-refractivity contribution is -0.123. The first kappa shape index (κ1) is 21.5. The Balaban J connectivity index is 1.50. The molecule has 158 valence electrons. The summed E-state index contributed by atoms with van der Waals surface area (Å²) in [6, 6.07) is 15.8. The van der Waals surface area contributed by atoms with Gasteiger partial charge in [-0.2, -0.15) is 0 Å². The van der Waals surface area contributed by atoms with E-state index >= 15 is 0 Å². The Morgan fingerprint density at radius 2 is 1.73 bits per heavy atom. The summed E-state index contributed by atoms with van der Waals surface area (Å²) >= 11 is 0. The Labute approximate surface area is 176 Å². The molecule has 2 aromatic carbocycles. The minimum absolute atomic E-state index is 0.0755. The van der Waals surface area contributed by atoms with Crippen molar-refractivity contribution in [3.05, 3.63) is 65.7 Å². The van der Waals surface area contributed by atoms with Gasteiger partial charge < -0.3 is 21.3 Å². The Kier molecular flexibility index (Phi) is 7.57. The third-order valence-corrected chi connectivity index (χ3v) is 5.30. The molecule has 3 rings (SSSR count). The SMILES string of the molecule is NC(=O)C1CCCN(CCCNC(=O)c2ccccc2NC(=O)c2ccccc2)C1. The van der Waals surface area contributed by atoms with E-state index in [1.807, 2.05) is 6.07 Å². The number of hydrogen-bond acceptors (Lipinski definition) is 4. The third-order valence-electron chi connectivity index (χ3n) is 5.30. The molecular weight excluding hydrogens is 380 g/mol. The smallest absolute Gasteiger partial charge is 0.255 e. The van der Waals surface area contributed by atoms with Crippen LogP contribution in [0.5, 0.6) is 0 Å². The van der Waals surface area contributed by atoms with E-state index < -0.39 is 0 Å². The lowest BCUT2D eigenvalue weighted by atomic mass is 9.97. The highest BCUT2D eigenvalue weighted by Crippen LogP contribution is 2.17. The number of piperidine rings is 1. The van der Waals surface area contributed by atoms with Crippen LogP contribution < -0.4 is 16.4 Å².